The summed E-state index contributed by atoms with van der Waals surface area (Å²) in [6, 6.07) is 2.83. The zero-order valence-corrected chi connectivity index (χ0v) is 5.48. The van der Waals surface area contributed by atoms with Crippen LogP contribution in [0.25, 0.3) is 0 Å². The predicted molar refractivity (Wildman–Crippen MR) is 32.0 cm³/mol. The van der Waals surface area contributed by atoms with Gasteiger partial charge >= 0.3 is 5.88 Å². The minimum Gasteiger partial charge on any atom is -0.496 e. The van der Waals surface area contributed by atoms with Crippen LogP contribution in [0.3, 0.4) is 0 Å². The van der Waals surface area contributed by atoms with Gasteiger partial charge in [0.2, 0.25) is 6.20 Å². The van der Waals surface area contributed by atoms with E-state index in [1.807, 2.05) is 0 Å². The normalized spacial score (nSPS) is 9.30. The van der Waals surface area contributed by atoms with Crippen LogP contribution in [0.5, 0.6) is 11.6 Å². The van der Waals surface area contributed by atoms with Crippen LogP contribution in [0, 0.1) is 0 Å². The van der Waals surface area contributed by atoms with E-state index < -0.39 is 0 Å². The second kappa shape index (κ2) is 2.43. The molecular formula is C6H8NO3+. The first kappa shape index (κ1) is 6.67. The molecule has 0 saturated heterocycles. The second-order valence-electron chi connectivity index (χ2n) is 1.77. The highest BCUT2D eigenvalue weighted by Crippen LogP contribution is 2.11. The zero-order chi connectivity index (χ0) is 7.56. The Morgan fingerprint density at radius 1 is 1.60 bits per heavy atom. The van der Waals surface area contributed by atoms with Crippen LogP contribution in [-0.2, 0) is 0 Å². The molecule has 0 saturated carbocycles. The summed E-state index contributed by atoms with van der Waals surface area (Å²) in [5.41, 5.74) is 0. The Labute approximate surface area is 57.9 Å². The third kappa shape index (κ3) is 1.10. The largest absolute Gasteiger partial charge is 0.496 e. The molecule has 0 atom stereocenters. The number of hydrogen-bond acceptors (Lipinski definition) is 3. The molecular weight excluding hydrogens is 134 g/mol. The van der Waals surface area contributed by atoms with Gasteiger partial charge in [-0.05, 0) is 0 Å². The van der Waals surface area contributed by atoms with Crippen molar-refractivity contribution in [3.05, 3.63) is 18.3 Å². The fourth-order valence-electron chi connectivity index (χ4n) is 0.589. The van der Waals surface area contributed by atoms with Crippen molar-refractivity contribution in [1.82, 2.24) is 0 Å². The van der Waals surface area contributed by atoms with E-state index in [4.69, 9.17) is 15.1 Å². The summed E-state index contributed by atoms with van der Waals surface area (Å²) in [5, 5.41) is 17.6. The van der Waals surface area contributed by atoms with Crippen molar-refractivity contribution in [2.75, 3.05) is 7.11 Å². The lowest BCUT2D eigenvalue weighted by Gasteiger charge is -1.94. The SMILES string of the molecule is COc1cc[n+](O)c(O)c1. The summed E-state index contributed by atoms with van der Waals surface area (Å²) < 4.78 is 5.37. The van der Waals surface area contributed by atoms with Gasteiger partial charge < -0.3 is 9.84 Å². The van der Waals surface area contributed by atoms with Crippen LogP contribution in [0.1, 0.15) is 0 Å². The van der Waals surface area contributed by atoms with Crippen molar-refractivity contribution in [3.63, 3.8) is 0 Å². The van der Waals surface area contributed by atoms with E-state index in [0.717, 1.165) is 0 Å². The molecule has 0 bridgehead atoms. The Bertz CT molecular complexity index is 236. The molecule has 0 unspecified atom stereocenters. The molecule has 1 heterocycles. The van der Waals surface area contributed by atoms with Crippen molar-refractivity contribution >= 4 is 0 Å². The van der Waals surface area contributed by atoms with E-state index in [2.05, 4.69) is 0 Å². The van der Waals surface area contributed by atoms with Crippen LogP contribution < -0.4 is 9.47 Å². The van der Waals surface area contributed by atoms with Gasteiger partial charge in [-0.15, -0.1) is 0 Å². The van der Waals surface area contributed by atoms with E-state index in [0.29, 0.717) is 10.5 Å². The summed E-state index contributed by atoms with van der Waals surface area (Å²) in [6.45, 7) is 0. The van der Waals surface area contributed by atoms with Crippen LogP contribution in [0.4, 0.5) is 0 Å². The molecule has 4 nitrogen and oxygen atoms in total. The molecule has 10 heavy (non-hydrogen) atoms. The van der Waals surface area contributed by atoms with E-state index in [1.165, 1.54) is 25.4 Å². The van der Waals surface area contributed by atoms with Gasteiger partial charge in [0.1, 0.15) is 5.75 Å². The monoisotopic (exact) mass is 142 g/mol. The Hall–Kier alpha value is -1.45. The van der Waals surface area contributed by atoms with Crippen molar-refractivity contribution in [2.45, 2.75) is 0 Å². The minimum absolute atomic E-state index is 0.251. The highest BCUT2D eigenvalue weighted by atomic mass is 16.5. The van der Waals surface area contributed by atoms with Gasteiger partial charge in [0, 0.05) is 10.8 Å². The van der Waals surface area contributed by atoms with Crippen LogP contribution in [-0.4, -0.2) is 17.4 Å². The number of pyridine rings is 1. The fraction of sp³-hybridized carbons (Fsp3) is 0.167. The summed E-state index contributed by atoms with van der Waals surface area (Å²) in [5.74, 6) is 0.252. The Morgan fingerprint density at radius 3 is 2.80 bits per heavy atom. The number of nitrogens with zero attached hydrogens (tertiary/aromatic N) is 1. The lowest BCUT2D eigenvalue weighted by molar-refractivity contribution is -0.907. The van der Waals surface area contributed by atoms with Gasteiger partial charge in [-0.3, -0.25) is 5.21 Å². The zero-order valence-electron chi connectivity index (χ0n) is 5.48. The van der Waals surface area contributed by atoms with Gasteiger partial charge in [0.15, 0.2) is 0 Å². The van der Waals surface area contributed by atoms with Gasteiger partial charge in [0.25, 0.3) is 0 Å². The summed E-state index contributed by atoms with van der Waals surface area (Å²) >= 11 is 0. The third-order valence-electron chi connectivity index (χ3n) is 1.12. The maximum Gasteiger partial charge on any atom is 0.418 e. The van der Waals surface area contributed by atoms with Crippen LogP contribution in [0.15, 0.2) is 18.3 Å². The summed E-state index contributed by atoms with van der Waals surface area (Å²) in [4.78, 5) is 0. The number of hydrogen-bond donors (Lipinski definition) is 2. The highest BCUT2D eigenvalue weighted by molar-refractivity contribution is 5.20. The van der Waals surface area contributed by atoms with Gasteiger partial charge in [0.05, 0.1) is 13.2 Å². The molecule has 0 aromatic carbocycles. The fourth-order valence-corrected chi connectivity index (χ4v) is 0.589. The van der Waals surface area contributed by atoms with Crippen molar-refractivity contribution in [3.8, 4) is 11.6 Å². The van der Waals surface area contributed by atoms with E-state index >= 15 is 0 Å². The topological polar surface area (TPSA) is 53.6 Å². The van der Waals surface area contributed by atoms with Crippen molar-refractivity contribution in [2.24, 2.45) is 0 Å². The Morgan fingerprint density at radius 2 is 2.30 bits per heavy atom. The summed E-state index contributed by atoms with van der Waals surface area (Å²) in [6.07, 6.45) is 1.29. The molecule has 0 fully saturated rings. The minimum atomic E-state index is -0.251. The molecule has 0 aliphatic rings. The average molecular weight is 142 g/mol. The van der Waals surface area contributed by atoms with Crippen molar-refractivity contribution in [1.29, 1.82) is 0 Å². The van der Waals surface area contributed by atoms with E-state index in [1.54, 1.807) is 0 Å². The lowest BCUT2D eigenvalue weighted by atomic mass is 10.4. The quantitative estimate of drug-likeness (QED) is 0.426. The van der Waals surface area contributed by atoms with Crippen molar-refractivity contribution < 1.29 is 19.8 Å². The molecule has 2 N–H and O–H groups in total. The first-order valence-electron chi connectivity index (χ1n) is 2.72. The van der Waals surface area contributed by atoms with Gasteiger partial charge in [-0.1, -0.05) is 0 Å². The van der Waals surface area contributed by atoms with Gasteiger partial charge in [-0.2, -0.15) is 0 Å². The van der Waals surface area contributed by atoms with Crippen LogP contribution >= 0.6 is 0 Å². The Balaban J connectivity index is 3.04. The maximum atomic E-state index is 8.86. The second-order valence-corrected chi connectivity index (χ2v) is 1.77. The maximum absolute atomic E-state index is 8.86. The molecule has 54 valence electrons. The first-order valence-corrected chi connectivity index (χ1v) is 2.72. The predicted octanol–water partition coefficient (Wildman–Crippen LogP) is -0.0744. The number of aromatic nitrogens is 1. The summed E-state index contributed by atoms with van der Waals surface area (Å²) in [7, 11) is 1.48. The van der Waals surface area contributed by atoms with Gasteiger partial charge in [-0.25, -0.2) is 0 Å². The average Bonchev–Trinajstić information content (AvgIpc) is 1.95. The number of aromatic hydroxyl groups is 1. The van der Waals surface area contributed by atoms with E-state index in [-0.39, 0.29) is 5.88 Å². The van der Waals surface area contributed by atoms with Crippen LogP contribution in [0.2, 0.25) is 0 Å². The standard InChI is InChI=1S/C6H7NO3/c1-10-5-2-3-7(9)6(8)4-5/h2-4,9H,1H3/p+1. The molecule has 4 heteroatoms. The third-order valence-corrected chi connectivity index (χ3v) is 1.12. The highest BCUT2D eigenvalue weighted by Gasteiger charge is 2.07. The first-order chi connectivity index (χ1) is 4.74. The molecule has 1 rings (SSSR count). The molecule has 1 aromatic heterocycles. The number of methoxy groups -OCH3 is 1. The lowest BCUT2D eigenvalue weighted by Crippen LogP contribution is -2.28. The molecule has 1 aromatic rings. The van der Waals surface area contributed by atoms with E-state index in [9.17, 15) is 0 Å². The molecule has 0 spiro atoms. The number of rotatable bonds is 1. The molecule has 0 amide bonds. The molecule has 0 aliphatic heterocycles. The molecule has 0 aliphatic carbocycles. The Kier molecular flexibility index (Phi) is 1.62. The smallest absolute Gasteiger partial charge is 0.418 e. The number of ether oxygens (including phenoxy) is 1. The molecule has 0 radical (unpaired) electrons.